The Hall–Kier alpha value is -2.67. The van der Waals surface area contributed by atoms with Crippen LogP contribution in [0.4, 0.5) is 0 Å². The molecule has 6 nitrogen and oxygen atoms in total. The van der Waals surface area contributed by atoms with Crippen LogP contribution < -0.4 is 4.74 Å². The third-order valence-electron chi connectivity index (χ3n) is 5.42. The Balaban J connectivity index is 1.97. The van der Waals surface area contributed by atoms with Gasteiger partial charge in [0.15, 0.2) is 0 Å². The number of aliphatic hydroxyl groups is 1. The fourth-order valence-corrected chi connectivity index (χ4v) is 3.61. The second-order valence-corrected chi connectivity index (χ2v) is 8.37. The molecule has 32 heavy (non-hydrogen) atoms. The van der Waals surface area contributed by atoms with Gasteiger partial charge in [-0.05, 0) is 39.8 Å². The van der Waals surface area contributed by atoms with E-state index in [0.29, 0.717) is 32.2 Å². The minimum Gasteiger partial charge on any atom is -0.439 e. The molecule has 1 atom stereocenters. The minimum atomic E-state index is -0.560. The van der Waals surface area contributed by atoms with Crippen LogP contribution in [0, 0.1) is 6.92 Å². The van der Waals surface area contributed by atoms with Crippen molar-refractivity contribution in [3.8, 4) is 22.9 Å². The van der Waals surface area contributed by atoms with Crippen LogP contribution in [0.25, 0.3) is 11.3 Å². The molecule has 0 bridgehead atoms. The van der Waals surface area contributed by atoms with Crippen molar-refractivity contribution in [1.82, 2.24) is 14.7 Å². The lowest BCUT2D eigenvalue weighted by molar-refractivity contribution is 0.0132. The third kappa shape index (κ3) is 6.19. The second kappa shape index (κ2) is 11.3. The molecule has 0 saturated heterocycles. The van der Waals surface area contributed by atoms with Gasteiger partial charge in [-0.2, -0.15) is 5.10 Å². The molecule has 0 amide bonds. The molecule has 6 heteroatoms. The van der Waals surface area contributed by atoms with E-state index in [1.165, 1.54) is 5.56 Å². The zero-order valence-electron chi connectivity index (χ0n) is 19.8. The number of hydrogen-bond donors (Lipinski definition) is 1. The molecule has 0 aliphatic heterocycles. The molecule has 0 unspecified atom stereocenters. The number of aromatic nitrogens is 2. The summed E-state index contributed by atoms with van der Waals surface area (Å²) in [5.74, 6) is 1.48. The van der Waals surface area contributed by atoms with Gasteiger partial charge in [0, 0.05) is 38.3 Å². The first kappa shape index (κ1) is 24.0. The van der Waals surface area contributed by atoms with E-state index in [4.69, 9.17) is 14.6 Å². The van der Waals surface area contributed by atoms with E-state index < -0.39 is 6.10 Å². The summed E-state index contributed by atoms with van der Waals surface area (Å²) in [7, 11) is 1.91. The molecule has 3 aromatic rings. The molecule has 0 aliphatic carbocycles. The topological polar surface area (TPSA) is 59.8 Å². The third-order valence-corrected chi connectivity index (χ3v) is 5.42. The summed E-state index contributed by atoms with van der Waals surface area (Å²) in [5.41, 5.74) is 4.11. The van der Waals surface area contributed by atoms with Gasteiger partial charge in [-0.3, -0.25) is 4.90 Å². The molecule has 0 saturated carbocycles. The normalized spacial score (nSPS) is 12.5. The first-order valence-corrected chi connectivity index (χ1v) is 11.2. The van der Waals surface area contributed by atoms with Crippen LogP contribution in [0.2, 0.25) is 0 Å². The molecular formula is C26H35N3O3. The Bertz CT molecular complexity index is 968. The zero-order chi connectivity index (χ0) is 23.1. The van der Waals surface area contributed by atoms with E-state index in [1.54, 1.807) is 4.68 Å². The lowest BCUT2D eigenvalue weighted by Gasteiger charge is -2.29. The highest BCUT2D eigenvalue weighted by molar-refractivity contribution is 5.65. The van der Waals surface area contributed by atoms with E-state index >= 15 is 0 Å². The Kier molecular flexibility index (Phi) is 8.45. The maximum absolute atomic E-state index is 10.5. The van der Waals surface area contributed by atoms with E-state index in [-0.39, 0.29) is 6.04 Å². The first-order valence-electron chi connectivity index (χ1n) is 11.2. The summed E-state index contributed by atoms with van der Waals surface area (Å²) < 4.78 is 13.6. The molecule has 1 aromatic heterocycles. The molecule has 0 radical (unpaired) electrons. The van der Waals surface area contributed by atoms with Crippen LogP contribution in [0.1, 0.15) is 31.9 Å². The minimum absolute atomic E-state index is 0.224. The number of benzene rings is 2. The van der Waals surface area contributed by atoms with Crippen molar-refractivity contribution in [3.05, 3.63) is 65.7 Å². The summed E-state index contributed by atoms with van der Waals surface area (Å²) in [6.45, 7) is 10.3. The van der Waals surface area contributed by atoms with E-state index in [9.17, 15) is 5.11 Å². The number of ether oxygens (including phenoxy) is 2. The van der Waals surface area contributed by atoms with Crippen LogP contribution in [0.15, 0.2) is 54.6 Å². The zero-order valence-corrected chi connectivity index (χ0v) is 19.8. The fraction of sp³-hybridized carbons (Fsp3) is 0.423. The van der Waals surface area contributed by atoms with Gasteiger partial charge in [-0.15, -0.1) is 0 Å². The molecule has 0 aliphatic rings. The van der Waals surface area contributed by atoms with Gasteiger partial charge in [0.25, 0.3) is 0 Å². The molecule has 0 fully saturated rings. The largest absolute Gasteiger partial charge is 0.439 e. The number of nitrogens with zero attached hydrogens (tertiary/aromatic N) is 3. The number of aliphatic hydroxyl groups excluding tert-OH is 1. The highest BCUT2D eigenvalue weighted by Gasteiger charge is 2.24. The van der Waals surface area contributed by atoms with E-state index in [2.05, 4.69) is 37.8 Å². The predicted octanol–water partition coefficient (Wildman–Crippen LogP) is 4.80. The fourth-order valence-electron chi connectivity index (χ4n) is 3.61. The molecule has 2 aromatic carbocycles. The van der Waals surface area contributed by atoms with Gasteiger partial charge in [0.2, 0.25) is 5.88 Å². The highest BCUT2D eigenvalue weighted by atomic mass is 16.5. The molecule has 172 valence electrons. The molecule has 3 rings (SSSR count). The standard InChI is InChI=1S/C26H35N3O3/c1-6-31-18-22(30)16-29(19(2)3)17-24-25(21-10-8-7-9-11-21)27-28(5)26(24)32-23-14-12-20(4)13-15-23/h7-15,19,22,30H,6,16-18H2,1-5H3/t22-/m0/s1. The van der Waals surface area contributed by atoms with Gasteiger partial charge >= 0.3 is 0 Å². The van der Waals surface area contributed by atoms with Gasteiger partial charge in [0.1, 0.15) is 11.4 Å². The van der Waals surface area contributed by atoms with Crippen molar-refractivity contribution >= 4 is 0 Å². The van der Waals surface area contributed by atoms with E-state index in [0.717, 1.165) is 22.6 Å². The van der Waals surface area contributed by atoms with Gasteiger partial charge in [-0.1, -0.05) is 48.0 Å². The first-order chi connectivity index (χ1) is 15.4. The van der Waals surface area contributed by atoms with Gasteiger partial charge in [0.05, 0.1) is 18.3 Å². The van der Waals surface area contributed by atoms with E-state index in [1.807, 2.05) is 56.4 Å². The van der Waals surface area contributed by atoms with Crippen LogP contribution in [0.5, 0.6) is 11.6 Å². The lowest BCUT2D eigenvalue weighted by Crippen LogP contribution is -2.39. The van der Waals surface area contributed by atoms with Crippen molar-refractivity contribution in [3.63, 3.8) is 0 Å². The Morgan fingerprint density at radius 2 is 1.75 bits per heavy atom. The van der Waals surface area contributed by atoms with Gasteiger partial charge < -0.3 is 14.6 Å². The lowest BCUT2D eigenvalue weighted by atomic mass is 10.1. The molecule has 1 N–H and O–H groups in total. The Labute approximate surface area is 191 Å². The second-order valence-electron chi connectivity index (χ2n) is 8.37. The van der Waals surface area contributed by atoms with Gasteiger partial charge in [-0.25, -0.2) is 4.68 Å². The molecule has 0 spiro atoms. The number of hydrogen-bond acceptors (Lipinski definition) is 5. The van der Waals surface area contributed by atoms with Crippen molar-refractivity contribution in [2.24, 2.45) is 7.05 Å². The summed E-state index contributed by atoms with van der Waals surface area (Å²) >= 11 is 0. The molecular weight excluding hydrogens is 402 g/mol. The van der Waals surface area contributed by atoms with Crippen LogP contribution in [-0.4, -0.2) is 51.7 Å². The maximum atomic E-state index is 10.5. The van der Waals surface area contributed by atoms with Crippen LogP contribution in [-0.2, 0) is 18.3 Å². The van der Waals surface area contributed by atoms with Crippen LogP contribution >= 0.6 is 0 Å². The van der Waals surface area contributed by atoms with Crippen molar-refractivity contribution in [2.45, 2.75) is 46.4 Å². The van der Waals surface area contributed by atoms with Crippen molar-refractivity contribution in [2.75, 3.05) is 19.8 Å². The maximum Gasteiger partial charge on any atom is 0.222 e. The van der Waals surface area contributed by atoms with Crippen molar-refractivity contribution in [1.29, 1.82) is 0 Å². The van der Waals surface area contributed by atoms with Crippen molar-refractivity contribution < 1.29 is 14.6 Å². The Morgan fingerprint density at radius 3 is 2.38 bits per heavy atom. The average Bonchev–Trinajstić information content (AvgIpc) is 3.09. The highest BCUT2D eigenvalue weighted by Crippen LogP contribution is 2.34. The summed E-state index contributed by atoms with van der Waals surface area (Å²) in [6, 6.07) is 18.4. The SMILES string of the molecule is CCOC[C@@H](O)CN(Cc1c(-c2ccccc2)nn(C)c1Oc1ccc(C)cc1)C(C)C. The smallest absolute Gasteiger partial charge is 0.222 e. The van der Waals surface area contributed by atoms with Crippen LogP contribution in [0.3, 0.4) is 0 Å². The average molecular weight is 438 g/mol. The number of rotatable bonds is 11. The molecule has 1 heterocycles. The summed E-state index contributed by atoms with van der Waals surface area (Å²) in [6.07, 6.45) is -0.560. The summed E-state index contributed by atoms with van der Waals surface area (Å²) in [4.78, 5) is 2.23. The number of aryl methyl sites for hydroxylation is 2. The Morgan fingerprint density at radius 1 is 1.06 bits per heavy atom. The monoisotopic (exact) mass is 437 g/mol. The summed E-state index contributed by atoms with van der Waals surface area (Å²) in [5, 5.41) is 15.3. The quantitative estimate of drug-likeness (QED) is 0.467. The predicted molar refractivity (Wildman–Crippen MR) is 128 cm³/mol.